The molecule has 1 heterocycles. The monoisotopic (exact) mass is 292 g/mol. The summed E-state index contributed by atoms with van der Waals surface area (Å²) in [4.78, 5) is 24.8. The number of nitrogens with zero attached hydrogens (tertiary/aromatic N) is 1. The molecule has 6 nitrogen and oxygen atoms in total. The average molecular weight is 292 g/mol. The van der Waals surface area contributed by atoms with E-state index in [9.17, 15) is 14.7 Å². The maximum Gasteiger partial charge on any atom is 0.410 e. The number of carbonyl (C=O) groups excluding carboxylic acids is 1. The van der Waals surface area contributed by atoms with Crippen molar-refractivity contribution in [2.45, 2.75) is 31.4 Å². The largest absolute Gasteiger partial charge is 0.478 e. The van der Waals surface area contributed by atoms with Crippen LogP contribution in [0.25, 0.3) is 0 Å². The smallest absolute Gasteiger partial charge is 0.410 e. The molecule has 6 heteroatoms. The van der Waals surface area contributed by atoms with Gasteiger partial charge in [0.05, 0.1) is 0 Å². The van der Waals surface area contributed by atoms with Crippen molar-refractivity contribution in [2.75, 3.05) is 13.1 Å². The van der Waals surface area contributed by atoms with Crippen LogP contribution < -0.4 is 5.73 Å². The van der Waals surface area contributed by atoms with Crippen molar-refractivity contribution in [3.63, 3.8) is 0 Å². The number of ether oxygens (including phenoxy) is 1. The van der Waals surface area contributed by atoms with E-state index in [0.717, 1.165) is 5.56 Å². The predicted octanol–water partition coefficient (Wildman–Crippen LogP) is 1.24. The van der Waals surface area contributed by atoms with Crippen molar-refractivity contribution < 1.29 is 19.4 Å². The number of piperidine rings is 1. The predicted molar refractivity (Wildman–Crippen MR) is 76.8 cm³/mol. The first-order valence-corrected chi connectivity index (χ1v) is 7.04. The van der Waals surface area contributed by atoms with E-state index in [1.165, 1.54) is 4.90 Å². The molecule has 1 aliphatic rings. The molecule has 1 atom stereocenters. The number of carboxylic acid groups (broad SMARTS) is 1. The fourth-order valence-electron chi connectivity index (χ4n) is 2.29. The molecule has 1 fully saturated rings. The molecule has 1 aromatic carbocycles. The number of amides is 1. The van der Waals surface area contributed by atoms with Gasteiger partial charge in [-0.15, -0.1) is 0 Å². The van der Waals surface area contributed by atoms with Gasteiger partial charge in [-0.3, -0.25) is 0 Å². The van der Waals surface area contributed by atoms with Crippen molar-refractivity contribution in [3.8, 4) is 0 Å². The fourth-order valence-corrected chi connectivity index (χ4v) is 2.29. The number of rotatable bonds is 4. The first-order chi connectivity index (χ1) is 10.1. The van der Waals surface area contributed by atoms with Gasteiger partial charge in [0.2, 0.25) is 6.10 Å². The van der Waals surface area contributed by atoms with Gasteiger partial charge in [0.25, 0.3) is 0 Å². The summed E-state index contributed by atoms with van der Waals surface area (Å²) in [7, 11) is 0. The number of likely N-dealkylation sites (tertiary alicyclic amines) is 1. The molecule has 3 N–H and O–H groups in total. The van der Waals surface area contributed by atoms with E-state index >= 15 is 0 Å². The van der Waals surface area contributed by atoms with Crippen LogP contribution in [-0.2, 0) is 16.0 Å². The summed E-state index contributed by atoms with van der Waals surface area (Å²) >= 11 is 0. The summed E-state index contributed by atoms with van der Waals surface area (Å²) in [5.74, 6) is -1.14. The molecule has 21 heavy (non-hydrogen) atoms. The molecule has 1 aromatic rings. The molecule has 1 aliphatic heterocycles. The maximum absolute atomic E-state index is 12.0. The highest BCUT2D eigenvalue weighted by Gasteiger charge is 2.27. The second-order valence-corrected chi connectivity index (χ2v) is 5.22. The van der Waals surface area contributed by atoms with Gasteiger partial charge in [0.1, 0.15) is 0 Å². The SMILES string of the molecule is NC1CCN(C(=O)O[C@@H](Cc2ccccc2)C(=O)O)CC1. The van der Waals surface area contributed by atoms with E-state index in [2.05, 4.69) is 0 Å². The Morgan fingerprint density at radius 3 is 2.48 bits per heavy atom. The van der Waals surface area contributed by atoms with Crippen molar-refractivity contribution in [2.24, 2.45) is 5.73 Å². The van der Waals surface area contributed by atoms with Crippen LogP contribution in [0.15, 0.2) is 30.3 Å². The van der Waals surface area contributed by atoms with Gasteiger partial charge >= 0.3 is 12.1 Å². The Morgan fingerprint density at radius 1 is 1.29 bits per heavy atom. The highest BCUT2D eigenvalue weighted by atomic mass is 16.6. The Hall–Kier alpha value is -2.08. The molecular weight excluding hydrogens is 272 g/mol. The van der Waals surface area contributed by atoms with Gasteiger partial charge < -0.3 is 20.5 Å². The number of aliphatic carboxylic acids is 1. The van der Waals surface area contributed by atoms with E-state index in [1.807, 2.05) is 30.3 Å². The number of nitrogens with two attached hydrogens (primary N) is 1. The molecule has 1 saturated heterocycles. The minimum atomic E-state index is -1.17. The van der Waals surface area contributed by atoms with E-state index in [4.69, 9.17) is 10.5 Å². The maximum atomic E-state index is 12.0. The highest BCUT2D eigenvalue weighted by molar-refractivity contribution is 5.77. The first kappa shape index (κ1) is 15.3. The third kappa shape index (κ3) is 4.46. The fraction of sp³-hybridized carbons (Fsp3) is 0.467. The van der Waals surface area contributed by atoms with Crippen molar-refractivity contribution >= 4 is 12.1 Å². The second-order valence-electron chi connectivity index (χ2n) is 5.22. The minimum Gasteiger partial charge on any atom is -0.478 e. The lowest BCUT2D eigenvalue weighted by Crippen LogP contribution is -2.45. The Labute approximate surface area is 123 Å². The molecule has 0 unspecified atom stereocenters. The Kier molecular flexibility index (Phi) is 5.16. The van der Waals surface area contributed by atoms with Crippen LogP contribution in [0, 0.1) is 0 Å². The Balaban J connectivity index is 1.93. The third-order valence-electron chi connectivity index (χ3n) is 3.58. The van der Waals surface area contributed by atoms with Gasteiger partial charge in [0.15, 0.2) is 0 Å². The zero-order valence-corrected chi connectivity index (χ0v) is 11.8. The van der Waals surface area contributed by atoms with E-state index in [1.54, 1.807) is 0 Å². The quantitative estimate of drug-likeness (QED) is 0.871. The molecule has 0 bridgehead atoms. The van der Waals surface area contributed by atoms with Crippen LogP contribution >= 0.6 is 0 Å². The van der Waals surface area contributed by atoms with E-state index < -0.39 is 18.2 Å². The van der Waals surface area contributed by atoms with Gasteiger partial charge in [-0.25, -0.2) is 9.59 Å². The van der Waals surface area contributed by atoms with Gasteiger partial charge in [-0.05, 0) is 18.4 Å². The van der Waals surface area contributed by atoms with Crippen molar-refractivity contribution in [3.05, 3.63) is 35.9 Å². The Bertz CT molecular complexity index is 484. The molecule has 0 radical (unpaired) electrons. The standard InChI is InChI=1S/C15H20N2O4/c16-12-6-8-17(9-7-12)15(20)21-13(14(18)19)10-11-4-2-1-3-5-11/h1-5,12-13H,6-10,16H2,(H,18,19)/t13-/m0/s1. The summed E-state index contributed by atoms with van der Waals surface area (Å²) in [6, 6.07) is 9.22. The lowest BCUT2D eigenvalue weighted by Gasteiger charge is -2.30. The minimum absolute atomic E-state index is 0.105. The van der Waals surface area contributed by atoms with Crippen molar-refractivity contribution in [1.29, 1.82) is 0 Å². The molecular formula is C15H20N2O4. The first-order valence-electron chi connectivity index (χ1n) is 7.04. The topological polar surface area (TPSA) is 92.9 Å². The van der Waals surface area contributed by atoms with Crippen LogP contribution in [0.5, 0.6) is 0 Å². The summed E-state index contributed by atoms with van der Waals surface area (Å²) in [5, 5.41) is 9.21. The van der Waals surface area contributed by atoms with Gasteiger partial charge in [-0.2, -0.15) is 0 Å². The van der Waals surface area contributed by atoms with Crippen LogP contribution in [-0.4, -0.2) is 47.3 Å². The molecule has 1 amide bonds. The van der Waals surface area contributed by atoms with Crippen LogP contribution in [0.2, 0.25) is 0 Å². The molecule has 0 aliphatic carbocycles. The normalized spacial score (nSPS) is 17.3. The van der Waals surface area contributed by atoms with Crippen molar-refractivity contribution in [1.82, 2.24) is 4.90 Å². The molecule has 0 spiro atoms. The number of benzene rings is 1. The molecule has 2 rings (SSSR count). The molecule has 0 saturated carbocycles. The summed E-state index contributed by atoms with van der Waals surface area (Å²) in [6.45, 7) is 1.02. The molecule has 0 aromatic heterocycles. The van der Waals surface area contributed by atoms with Crippen LogP contribution in [0.3, 0.4) is 0 Å². The van der Waals surface area contributed by atoms with Gasteiger partial charge in [-0.1, -0.05) is 30.3 Å². The van der Waals surface area contributed by atoms with E-state index in [0.29, 0.717) is 25.9 Å². The number of hydrogen-bond acceptors (Lipinski definition) is 4. The third-order valence-corrected chi connectivity index (χ3v) is 3.58. The number of carbonyl (C=O) groups is 2. The lowest BCUT2D eigenvalue weighted by molar-refractivity contribution is -0.147. The second kappa shape index (κ2) is 7.08. The summed E-state index contributed by atoms with van der Waals surface area (Å²) < 4.78 is 5.14. The Morgan fingerprint density at radius 2 is 1.90 bits per heavy atom. The summed E-state index contributed by atoms with van der Waals surface area (Å²) in [5.41, 5.74) is 6.59. The van der Waals surface area contributed by atoms with E-state index in [-0.39, 0.29) is 12.5 Å². The van der Waals surface area contributed by atoms with Crippen LogP contribution in [0.4, 0.5) is 4.79 Å². The van der Waals surface area contributed by atoms with Crippen LogP contribution in [0.1, 0.15) is 18.4 Å². The summed E-state index contributed by atoms with van der Waals surface area (Å²) in [6.07, 6.45) is -0.160. The average Bonchev–Trinajstić information content (AvgIpc) is 2.48. The zero-order chi connectivity index (χ0) is 15.2. The van der Waals surface area contributed by atoms with Gasteiger partial charge in [0, 0.05) is 25.6 Å². The highest BCUT2D eigenvalue weighted by Crippen LogP contribution is 2.12. The zero-order valence-electron chi connectivity index (χ0n) is 11.8. The molecule has 114 valence electrons. The number of hydrogen-bond donors (Lipinski definition) is 2. The number of carboxylic acids is 1. The lowest BCUT2D eigenvalue weighted by atomic mass is 10.1.